The monoisotopic (exact) mass is 472 g/mol. The Kier molecular flexibility index (Phi) is 7.85. The minimum Gasteiger partial charge on any atom is -0.352 e. The molecule has 1 N–H and O–H groups in total. The van der Waals surface area contributed by atoms with Crippen LogP contribution in [-0.2, 0) is 12.2 Å². The van der Waals surface area contributed by atoms with Gasteiger partial charge in [-0.15, -0.1) is 22.0 Å². The number of hydrogen-bond donors (Lipinski definition) is 1. The van der Waals surface area contributed by atoms with E-state index >= 15 is 0 Å². The van der Waals surface area contributed by atoms with Crippen LogP contribution in [0.1, 0.15) is 66.0 Å². The minimum atomic E-state index is -0.0699. The molecule has 1 fully saturated rings. The molecule has 0 radical (unpaired) electrons. The van der Waals surface area contributed by atoms with Crippen molar-refractivity contribution in [3.05, 3.63) is 47.4 Å². The molecular weight excluding hydrogens is 444 g/mol. The van der Waals surface area contributed by atoms with Crippen LogP contribution in [0.4, 0.5) is 0 Å². The summed E-state index contributed by atoms with van der Waals surface area (Å²) in [5.74, 6) is 2.68. The smallest absolute Gasteiger partial charge is 0.252 e. The van der Waals surface area contributed by atoms with Gasteiger partial charge in [-0.2, -0.15) is 4.98 Å². The quantitative estimate of drug-likeness (QED) is 0.341. The summed E-state index contributed by atoms with van der Waals surface area (Å²) in [6.07, 6.45) is 8.63. The van der Waals surface area contributed by atoms with E-state index in [1.807, 2.05) is 24.3 Å². The van der Waals surface area contributed by atoms with E-state index in [0.717, 1.165) is 28.7 Å². The van der Waals surface area contributed by atoms with E-state index in [1.165, 1.54) is 37.4 Å². The summed E-state index contributed by atoms with van der Waals surface area (Å²) in [5.41, 5.74) is 0.663. The van der Waals surface area contributed by atoms with Crippen LogP contribution in [0.15, 0.2) is 38.8 Å². The van der Waals surface area contributed by atoms with Crippen molar-refractivity contribution in [1.29, 1.82) is 0 Å². The number of aryl methyl sites for hydroxylation is 2. The number of amides is 1. The van der Waals surface area contributed by atoms with Gasteiger partial charge in [0.2, 0.25) is 5.89 Å². The maximum Gasteiger partial charge on any atom is 0.252 e. The summed E-state index contributed by atoms with van der Waals surface area (Å²) in [4.78, 5) is 17.9. The van der Waals surface area contributed by atoms with Crippen molar-refractivity contribution in [1.82, 2.24) is 30.2 Å². The highest BCUT2D eigenvalue weighted by atomic mass is 32.2. The molecule has 170 valence electrons. The van der Waals surface area contributed by atoms with Crippen molar-refractivity contribution in [3.8, 4) is 0 Å². The van der Waals surface area contributed by atoms with E-state index in [9.17, 15) is 4.79 Å². The Morgan fingerprint density at radius 2 is 2.06 bits per heavy atom. The van der Waals surface area contributed by atoms with Gasteiger partial charge in [0, 0.05) is 30.8 Å². The van der Waals surface area contributed by atoms with Crippen LogP contribution in [0, 0.1) is 6.92 Å². The number of nitrogens with one attached hydrogen (secondary N) is 1. The van der Waals surface area contributed by atoms with Gasteiger partial charge in [-0.25, -0.2) is 0 Å². The third-order valence-electron chi connectivity index (χ3n) is 5.53. The van der Waals surface area contributed by atoms with Crippen molar-refractivity contribution in [2.24, 2.45) is 0 Å². The van der Waals surface area contributed by atoms with E-state index in [-0.39, 0.29) is 5.91 Å². The van der Waals surface area contributed by atoms with E-state index in [2.05, 4.69) is 36.5 Å². The molecular formula is C22H28N6O2S2. The zero-order valence-electron chi connectivity index (χ0n) is 18.4. The lowest BCUT2D eigenvalue weighted by atomic mass is 10.2. The number of aromatic nitrogens is 5. The van der Waals surface area contributed by atoms with E-state index in [4.69, 9.17) is 4.52 Å². The Labute approximate surface area is 196 Å². The third-order valence-corrected chi connectivity index (χ3v) is 7.24. The Morgan fingerprint density at radius 3 is 2.81 bits per heavy atom. The molecule has 0 atom stereocenters. The molecule has 32 heavy (non-hydrogen) atoms. The molecule has 0 spiro atoms. The van der Waals surface area contributed by atoms with Crippen LogP contribution in [0.5, 0.6) is 0 Å². The van der Waals surface area contributed by atoms with Crippen LogP contribution in [0.25, 0.3) is 0 Å². The molecule has 1 saturated carbocycles. The SMILES string of the molecule is CSc1nnc(CCCNC(=O)c2ccccc2SCc2noc(C)n2)n1C1CCCC1. The van der Waals surface area contributed by atoms with Crippen LogP contribution in [0.3, 0.4) is 0 Å². The lowest BCUT2D eigenvalue weighted by Gasteiger charge is -2.16. The van der Waals surface area contributed by atoms with E-state index in [1.54, 1.807) is 18.7 Å². The summed E-state index contributed by atoms with van der Waals surface area (Å²) < 4.78 is 7.34. The first-order valence-corrected chi connectivity index (χ1v) is 13.1. The number of thioether (sulfide) groups is 2. The largest absolute Gasteiger partial charge is 0.352 e. The number of benzene rings is 1. The number of nitrogens with zero attached hydrogens (tertiary/aromatic N) is 5. The van der Waals surface area contributed by atoms with Gasteiger partial charge in [0.15, 0.2) is 11.0 Å². The predicted molar refractivity (Wildman–Crippen MR) is 125 cm³/mol. The van der Waals surface area contributed by atoms with Crippen LogP contribution >= 0.6 is 23.5 Å². The molecule has 1 aliphatic carbocycles. The summed E-state index contributed by atoms with van der Waals surface area (Å²) in [5, 5.41) is 16.8. The lowest BCUT2D eigenvalue weighted by Crippen LogP contribution is -2.25. The first-order chi connectivity index (χ1) is 15.7. The second kappa shape index (κ2) is 11.0. The molecule has 3 aromatic rings. The number of hydrogen-bond acceptors (Lipinski definition) is 8. The highest BCUT2D eigenvalue weighted by Gasteiger charge is 2.23. The summed E-state index contributed by atoms with van der Waals surface area (Å²) in [6, 6.07) is 8.12. The Bertz CT molecular complexity index is 1040. The Hall–Kier alpha value is -2.33. The molecule has 0 aliphatic heterocycles. The molecule has 1 aliphatic rings. The molecule has 1 aromatic carbocycles. The maximum atomic E-state index is 12.8. The number of carbonyl (C=O) groups is 1. The van der Waals surface area contributed by atoms with Crippen LogP contribution in [-0.4, -0.2) is 43.6 Å². The second-order valence-electron chi connectivity index (χ2n) is 7.79. The van der Waals surface area contributed by atoms with Crippen molar-refractivity contribution in [2.75, 3.05) is 12.8 Å². The van der Waals surface area contributed by atoms with Crippen molar-refractivity contribution in [2.45, 2.75) is 67.3 Å². The second-order valence-corrected chi connectivity index (χ2v) is 9.58. The normalized spacial score (nSPS) is 14.2. The first-order valence-electron chi connectivity index (χ1n) is 10.9. The molecule has 2 heterocycles. The highest BCUT2D eigenvalue weighted by Crippen LogP contribution is 2.33. The van der Waals surface area contributed by atoms with Gasteiger partial charge in [0.1, 0.15) is 5.82 Å². The minimum absolute atomic E-state index is 0.0699. The van der Waals surface area contributed by atoms with Gasteiger partial charge in [-0.1, -0.05) is 41.9 Å². The van der Waals surface area contributed by atoms with Crippen LogP contribution < -0.4 is 5.32 Å². The number of carbonyl (C=O) groups excluding carboxylic acids is 1. The van der Waals surface area contributed by atoms with Gasteiger partial charge in [0.25, 0.3) is 5.91 Å². The lowest BCUT2D eigenvalue weighted by molar-refractivity contribution is 0.0950. The summed E-state index contributed by atoms with van der Waals surface area (Å²) >= 11 is 3.18. The molecule has 8 nitrogen and oxygen atoms in total. The van der Waals surface area contributed by atoms with Gasteiger partial charge in [-0.05, 0) is 37.7 Å². The van der Waals surface area contributed by atoms with Gasteiger partial charge in [0.05, 0.1) is 11.3 Å². The van der Waals surface area contributed by atoms with Crippen molar-refractivity contribution >= 4 is 29.4 Å². The Morgan fingerprint density at radius 1 is 1.25 bits per heavy atom. The molecule has 10 heteroatoms. The summed E-state index contributed by atoms with van der Waals surface area (Å²) in [6.45, 7) is 2.36. The standard InChI is InChI=1S/C22H28N6O2S2/c1-15-24-19(27-30-15)14-32-18-11-6-5-10-17(18)21(29)23-13-7-12-20-25-26-22(31-2)28(20)16-8-3-4-9-16/h5-6,10-11,16H,3-4,7-9,12-14H2,1-2H3,(H,23,29). The van der Waals surface area contributed by atoms with Crippen molar-refractivity contribution < 1.29 is 9.32 Å². The summed E-state index contributed by atoms with van der Waals surface area (Å²) in [7, 11) is 0. The highest BCUT2D eigenvalue weighted by molar-refractivity contribution is 7.98. The van der Waals surface area contributed by atoms with E-state index in [0.29, 0.717) is 35.6 Å². The van der Waals surface area contributed by atoms with E-state index < -0.39 is 0 Å². The third kappa shape index (κ3) is 5.53. The number of rotatable bonds is 10. The van der Waals surface area contributed by atoms with Crippen LogP contribution in [0.2, 0.25) is 0 Å². The van der Waals surface area contributed by atoms with Gasteiger partial charge < -0.3 is 14.4 Å². The average Bonchev–Trinajstić information content (AvgIpc) is 3.56. The first kappa shape index (κ1) is 22.8. The average molecular weight is 473 g/mol. The van der Waals surface area contributed by atoms with Gasteiger partial charge >= 0.3 is 0 Å². The topological polar surface area (TPSA) is 98.7 Å². The zero-order chi connectivity index (χ0) is 22.3. The fourth-order valence-electron chi connectivity index (χ4n) is 4.01. The molecule has 4 rings (SSSR count). The predicted octanol–water partition coefficient (Wildman–Crippen LogP) is 4.46. The molecule has 0 unspecified atom stereocenters. The zero-order valence-corrected chi connectivity index (χ0v) is 20.0. The molecule has 0 bridgehead atoms. The molecule has 2 aromatic heterocycles. The molecule has 0 saturated heterocycles. The fourth-order valence-corrected chi connectivity index (χ4v) is 5.48. The van der Waals surface area contributed by atoms with Gasteiger partial charge in [-0.3, -0.25) is 4.79 Å². The fraction of sp³-hybridized carbons (Fsp3) is 0.500. The Balaban J connectivity index is 1.31. The molecule has 1 amide bonds. The van der Waals surface area contributed by atoms with Crippen molar-refractivity contribution in [3.63, 3.8) is 0 Å². The maximum absolute atomic E-state index is 12.8.